The van der Waals surface area contributed by atoms with Gasteiger partial charge in [-0.1, -0.05) is 45.0 Å². The van der Waals surface area contributed by atoms with Gasteiger partial charge in [-0.2, -0.15) is 0 Å². The molecule has 4 rings (SSSR count). The van der Waals surface area contributed by atoms with E-state index >= 15 is 0 Å². The van der Waals surface area contributed by atoms with Gasteiger partial charge in [0.25, 0.3) is 5.91 Å². The summed E-state index contributed by atoms with van der Waals surface area (Å²) in [5, 5.41) is 17.8. The number of aromatic nitrogens is 1. The van der Waals surface area contributed by atoms with E-state index in [0.717, 1.165) is 31.2 Å². The Bertz CT molecular complexity index is 983. The molecule has 0 saturated heterocycles. The van der Waals surface area contributed by atoms with Crippen LogP contribution >= 0.6 is 0 Å². The summed E-state index contributed by atoms with van der Waals surface area (Å²) in [4.78, 5) is 29.8. The highest BCUT2D eigenvalue weighted by Gasteiger charge is 2.53. The largest absolute Gasteiger partial charge is 0.392 e. The maximum Gasteiger partial charge on any atom is 0.251 e. The fourth-order valence-corrected chi connectivity index (χ4v) is 6.39. The normalized spacial score (nSPS) is 31.7. The fourth-order valence-electron chi connectivity index (χ4n) is 6.39. The van der Waals surface area contributed by atoms with Gasteiger partial charge in [-0.15, -0.1) is 0 Å². The van der Waals surface area contributed by atoms with Crippen LogP contribution in [0.5, 0.6) is 0 Å². The van der Waals surface area contributed by atoms with Crippen molar-refractivity contribution < 1.29 is 14.7 Å². The minimum atomic E-state index is -0.579. The van der Waals surface area contributed by atoms with Crippen LogP contribution in [0.3, 0.4) is 0 Å². The molecule has 0 bridgehead atoms. The highest BCUT2D eigenvalue weighted by molar-refractivity contribution is 5.94. The molecule has 1 heterocycles. The summed E-state index contributed by atoms with van der Waals surface area (Å²) < 4.78 is 0. The van der Waals surface area contributed by atoms with Crippen molar-refractivity contribution >= 4 is 11.8 Å². The quantitative estimate of drug-likeness (QED) is 0.605. The van der Waals surface area contributed by atoms with Gasteiger partial charge in [0.2, 0.25) is 5.91 Å². The predicted molar refractivity (Wildman–Crippen MR) is 132 cm³/mol. The molecule has 2 fully saturated rings. The minimum Gasteiger partial charge on any atom is -0.392 e. The first kappa shape index (κ1) is 24.4. The summed E-state index contributed by atoms with van der Waals surface area (Å²) in [6, 6.07) is 13.1. The van der Waals surface area contributed by atoms with Gasteiger partial charge in [0, 0.05) is 36.5 Å². The molecule has 1 aromatic carbocycles. The number of rotatable bonds is 6. The molecule has 3 N–H and O–H groups in total. The zero-order valence-corrected chi connectivity index (χ0v) is 20.4. The Labute approximate surface area is 202 Å². The Morgan fingerprint density at radius 3 is 2.59 bits per heavy atom. The van der Waals surface area contributed by atoms with Gasteiger partial charge >= 0.3 is 0 Å². The number of fused-ring (bicyclic) bond motifs is 1. The molecule has 7 atom stereocenters. The van der Waals surface area contributed by atoms with Gasteiger partial charge in [0.1, 0.15) is 0 Å². The van der Waals surface area contributed by atoms with E-state index in [9.17, 15) is 14.7 Å². The molecule has 182 valence electrons. The van der Waals surface area contributed by atoms with Crippen molar-refractivity contribution in [1.82, 2.24) is 15.6 Å². The monoisotopic (exact) mass is 463 g/mol. The third-order valence-corrected chi connectivity index (χ3v) is 8.49. The van der Waals surface area contributed by atoms with Crippen LogP contribution < -0.4 is 10.6 Å². The second kappa shape index (κ2) is 10.3. The van der Waals surface area contributed by atoms with Gasteiger partial charge in [-0.25, -0.2) is 0 Å². The van der Waals surface area contributed by atoms with Crippen LogP contribution in [0.1, 0.15) is 62.4 Å². The van der Waals surface area contributed by atoms with Gasteiger partial charge < -0.3 is 15.7 Å². The number of carbonyl (C=O) groups excluding carboxylic acids is 2. The number of pyridine rings is 1. The average molecular weight is 464 g/mol. The van der Waals surface area contributed by atoms with Crippen LogP contribution in [0.2, 0.25) is 0 Å². The second-order valence-corrected chi connectivity index (χ2v) is 10.6. The smallest absolute Gasteiger partial charge is 0.251 e. The Kier molecular flexibility index (Phi) is 7.36. The SMILES string of the molecule is C[C@@H]1[C@@H]2[C@@H](O)[C@@H]([C@H](C)C(=O)NCc3cccnc3)CC[C@]2(C)CC[C@@H]1NC(=O)c1ccccc1. The van der Waals surface area contributed by atoms with Gasteiger partial charge in [-0.3, -0.25) is 14.6 Å². The Morgan fingerprint density at radius 2 is 1.88 bits per heavy atom. The molecule has 6 heteroatoms. The lowest BCUT2D eigenvalue weighted by molar-refractivity contribution is -0.142. The van der Waals surface area contributed by atoms with Crippen LogP contribution in [0.15, 0.2) is 54.9 Å². The van der Waals surface area contributed by atoms with Crippen molar-refractivity contribution in [2.45, 2.75) is 65.1 Å². The van der Waals surface area contributed by atoms with Crippen molar-refractivity contribution in [3.05, 3.63) is 66.0 Å². The molecule has 34 heavy (non-hydrogen) atoms. The first-order valence-corrected chi connectivity index (χ1v) is 12.5. The maximum absolute atomic E-state index is 12.9. The molecular weight excluding hydrogens is 426 g/mol. The van der Waals surface area contributed by atoms with E-state index in [2.05, 4.69) is 29.5 Å². The zero-order valence-electron chi connectivity index (χ0n) is 20.4. The highest BCUT2D eigenvalue weighted by atomic mass is 16.3. The Balaban J connectivity index is 1.42. The van der Waals surface area contributed by atoms with Crippen LogP contribution in [0.25, 0.3) is 0 Å². The van der Waals surface area contributed by atoms with Crippen molar-refractivity contribution in [3.8, 4) is 0 Å². The standard InChI is InChI=1S/C28H37N3O3/c1-18(26(33)30-17-20-8-7-15-29-16-20)22-11-13-28(3)14-12-23(19(2)24(28)25(22)32)31-27(34)21-9-5-4-6-10-21/h4-10,15-16,18-19,22-25,32H,11-14,17H2,1-3H3,(H,30,33)(H,31,34)/t18-,19-,22+,23-,24+,25-,28+/m0/s1. The lowest BCUT2D eigenvalue weighted by Crippen LogP contribution is -2.58. The number of nitrogens with zero attached hydrogens (tertiary/aromatic N) is 1. The molecule has 0 unspecified atom stereocenters. The van der Waals surface area contributed by atoms with Crippen molar-refractivity contribution in [1.29, 1.82) is 0 Å². The molecule has 2 aliphatic carbocycles. The lowest BCUT2D eigenvalue weighted by Gasteiger charge is -2.56. The number of hydrogen-bond acceptors (Lipinski definition) is 4. The zero-order chi connectivity index (χ0) is 24.3. The van der Waals surface area contributed by atoms with Crippen LogP contribution in [-0.2, 0) is 11.3 Å². The van der Waals surface area contributed by atoms with Crippen molar-refractivity contribution in [2.24, 2.45) is 29.1 Å². The molecular formula is C28H37N3O3. The maximum atomic E-state index is 12.9. The highest BCUT2D eigenvalue weighted by Crippen LogP contribution is 2.55. The molecule has 2 aromatic rings. The van der Waals surface area contributed by atoms with E-state index in [-0.39, 0.29) is 46.9 Å². The van der Waals surface area contributed by atoms with E-state index in [1.165, 1.54) is 0 Å². The number of aliphatic hydroxyl groups excluding tert-OH is 1. The van der Waals surface area contributed by atoms with E-state index in [4.69, 9.17) is 0 Å². The van der Waals surface area contributed by atoms with Crippen molar-refractivity contribution in [2.75, 3.05) is 0 Å². The number of carbonyl (C=O) groups is 2. The van der Waals surface area contributed by atoms with Crippen molar-refractivity contribution in [3.63, 3.8) is 0 Å². The van der Waals surface area contributed by atoms with Gasteiger partial charge in [-0.05, 0) is 72.6 Å². The number of benzene rings is 1. The fraction of sp³-hybridized carbons (Fsp3) is 0.536. The van der Waals surface area contributed by atoms with Gasteiger partial charge in [0.15, 0.2) is 0 Å². The summed E-state index contributed by atoms with van der Waals surface area (Å²) in [7, 11) is 0. The summed E-state index contributed by atoms with van der Waals surface area (Å²) in [6.45, 7) is 6.79. The number of aliphatic hydroxyl groups is 1. The molecule has 0 aliphatic heterocycles. The number of nitrogens with one attached hydrogen (secondary N) is 2. The molecule has 2 saturated carbocycles. The Hall–Kier alpha value is -2.73. The van der Waals surface area contributed by atoms with Crippen LogP contribution in [0, 0.1) is 29.1 Å². The first-order valence-electron chi connectivity index (χ1n) is 12.5. The lowest BCUT2D eigenvalue weighted by atomic mass is 9.51. The third-order valence-electron chi connectivity index (χ3n) is 8.49. The summed E-state index contributed by atoms with van der Waals surface area (Å²) >= 11 is 0. The van der Waals surface area contributed by atoms with Crippen LogP contribution in [0.4, 0.5) is 0 Å². The minimum absolute atomic E-state index is 0.00824. The van der Waals surface area contributed by atoms with E-state index in [0.29, 0.717) is 12.1 Å². The third kappa shape index (κ3) is 5.02. The molecule has 1 aromatic heterocycles. The molecule has 2 aliphatic rings. The molecule has 0 spiro atoms. The van der Waals surface area contributed by atoms with Gasteiger partial charge in [0.05, 0.1) is 6.10 Å². The summed E-state index contributed by atoms with van der Waals surface area (Å²) in [6.07, 6.45) is 6.58. The average Bonchev–Trinajstić information content (AvgIpc) is 2.85. The summed E-state index contributed by atoms with van der Waals surface area (Å²) in [5.41, 5.74) is 1.64. The topological polar surface area (TPSA) is 91.3 Å². The molecule has 6 nitrogen and oxygen atoms in total. The van der Waals surface area contributed by atoms with E-state index < -0.39 is 6.10 Å². The summed E-state index contributed by atoms with van der Waals surface area (Å²) in [5.74, 6) is -0.329. The first-order chi connectivity index (χ1) is 16.3. The van der Waals surface area contributed by atoms with E-state index in [1.807, 2.05) is 49.4 Å². The number of amides is 2. The second-order valence-electron chi connectivity index (χ2n) is 10.6. The number of hydrogen-bond donors (Lipinski definition) is 3. The molecule has 0 radical (unpaired) electrons. The Morgan fingerprint density at radius 1 is 1.15 bits per heavy atom. The van der Waals surface area contributed by atoms with E-state index in [1.54, 1.807) is 12.4 Å². The molecule has 2 amide bonds. The van der Waals surface area contributed by atoms with Crippen LogP contribution in [-0.4, -0.2) is 34.1 Å². The predicted octanol–water partition coefficient (Wildman–Crippen LogP) is 3.96.